The topological polar surface area (TPSA) is 78.4 Å². The van der Waals surface area contributed by atoms with Crippen molar-refractivity contribution in [2.75, 3.05) is 11.9 Å². The highest BCUT2D eigenvalue weighted by Gasteiger charge is 2.42. The van der Waals surface area contributed by atoms with Gasteiger partial charge in [0.15, 0.2) is 0 Å². The third kappa shape index (κ3) is 3.36. The summed E-state index contributed by atoms with van der Waals surface area (Å²) in [6.07, 6.45) is 2.06. The van der Waals surface area contributed by atoms with Crippen LogP contribution in [0.2, 0.25) is 0 Å². The summed E-state index contributed by atoms with van der Waals surface area (Å²) in [4.78, 5) is 23.3. The number of aliphatic hydroxyl groups is 1. The average Bonchev–Trinajstić information content (AvgIpc) is 3.22. The molecule has 5 heteroatoms. The highest BCUT2D eigenvalue weighted by Crippen LogP contribution is 2.39. The van der Waals surface area contributed by atoms with Gasteiger partial charge in [0, 0.05) is 18.2 Å². The molecule has 1 aromatic carbocycles. The molecule has 2 amide bonds. The van der Waals surface area contributed by atoms with E-state index in [-0.39, 0.29) is 18.4 Å². The van der Waals surface area contributed by atoms with E-state index in [4.69, 9.17) is 0 Å². The molecule has 2 rings (SSSR count). The number of aliphatic hydroxyl groups excluding tert-OH is 1. The minimum atomic E-state index is -0.568. The van der Waals surface area contributed by atoms with Crippen LogP contribution in [0.15, 0.2) is 24.3 Å². The minimum Gasteiger partial charge on any atom is -0.394 e. The highest BCUT2D eigenvalue weighted by atomic mass is 16.3. The Bertz CT molecular complexity index is 526. The second kappa shape index (κ2) is 5.63. The number of carbonyl (C=O) groups is 2. The molecule has 0 bridgehead atoms. The van der Waals surface area contributed by atoms with Crippen LogP contribution in [0.25, 0.3) is 0 Å². The molecule has 0 aliphatic heterocycles. The Hall–Kier alpha value is -1.88. The predicted molar refractivity (Wildman–Crippen MR) is 76.4 cm³/mol. The molecule has 1 aromatic rings. The molecule has 0 spiro atoms. The molecule has 1 unspecified atom stereocenters. The number of amides is 2. The van der Waals surface area contributed by atoms with Gasteiger partial charge in [-0.3, -0.25) is 9.59 Å². The third-order valence-corrected chi connectivity index (χ3v) is 3.65. The maximum absolute atomic E-state index is 12.3. The summed E-state index contributed by atoms with van der Waals surface area (Å²) in [6.45, 7) is 3.21. The van der Waals surface area contributed by atoms with Crippen LogP contribution in [-0.2, 0) is 4.79 Å². The highest BCUT2D eigenvalue weighted by molar-refractivity contribution is 5.97. The van der Waals surface area contributed by atoms with Gasteiger partial charge in [0.1, 0.15) is 0 Å². The lowest BCUT2D eigenvalue weighted by atomic mass is 9.96. The van der Waals surface area contributed by atoms with Crippen molar-refractivity contribution in [2.45, 2.75) is 32.2 Å². The number of hydrogen-bond acceptors (Lipinski definition) is 3. The zero-order valence-electron chi connectivity index (χ0n) is 11.8. The van der Waals surface area contributed by atoms with E-state index in [1.807, 2.05) is 6.92 Å². The van der Waals surface area contributed by atoms with Gasteiger partial charge in [-0.15, -0.1) is 0 Å². The van der Waals surface area contributed by atoms with Crippen LogP contribution in [-0.4, -0.2) is 29.1 Å². The van der Waals surface area contributed by atoms with E-state index in [0.29, 0.717) is 17.2 Å². The SMILES string of the molecule is CC(=O)Nc1cccc(C(=O)NC(C)(CO)C2CC2)c1. The lowest BCUT2D eigenvalue weighted by molar-refractivity contribution is -0.114. The van der Waals surface area contributed by atoms with E-state index < -0.39 is 5.54 Å². The predicted octanol–water partition coefficient (Wildman–Crippen LogP) is 1.54. The maximum Gasteiger partial charge on any atom is 0.251 e. The lowest BCUT2D eigenvalue weighted by Gasteiger charge is -2.28. The van der Waals surface area contributed by atoms with E-state index in [9.17, 15) is 14.7 Å². The first-order chi connectivity index (χ1) is 9.44. The smallest absolute Gasteiger partial charge is 0.251 e. The van der Waals surface area contributed by atoms with E-state index in [1.54, 1.807) is 24.3 Å². The number of rotatable bonds is 5. The summed E-state index contributed by atoms with van der Waals surface area (Å²) in [7, 11) is 0. The molecular formula is C15H20N2O3. The van der Waals surface area contributed by atoms with Gasteiger partial charge in [0.05, 0.1) is 12.1 Å². The van der Waals surface area contributed by atoms with Crippen molar-refractivity contribution < 1.29 is 14.7 Å². The zero-order chi connectivity index (χ0) is 14.8. The minimum absolute atomic E-state index is 0.0746. The van der Waals surface area contributed by atoms with Crippen molar-refractivity contribution in [3.8, 4) is 0 Å². The van der Waals surface area contributed by atoms with Crippen LogP contribution < -0.4 is 10.6 Å². The monoisotopic (exact) mass is 276 g/mol. The van der Waals surface area contributed by atoms with Crippen LogP contribution >= 0.6 is 0 Å². The Kier molecular flexibility index (Phi) is 4.09. The molecule has 5 nitrogen and oxygen atoms in total. The first-order valence-corrected chi connectivity index (χ1v) is 6.75. The largest absolute Gasteiger partial charge is 0.394 e. The van der Waals surface area contributed by atoms with Gasteiger partial charge in [0.2, 0.25) is 5.91 Å². The molecule has 3 N–H and O–H groups in total. The van der Waals surface area contributed by atoms with Gasteiger partial charge < -0.3 is 15.7 Å². The second-order valence-electron chi connectivity index (χ2n) is 5.57. The van der Waals surface area contributed by atoms with Crippen molar-refractivity contribution in [2.24, 2.45) is 5.92 Å². The second-order valence-corrected chi connectivity index (χ2v) is 5.57. The van der Waals surface area contributed by atoms with E-state index in [2.05, 4.69) is 10.6 Å². The number of anilines is 1. The number of benzene rings is 1. The summed E-state index contributed by atoms with van der Waals surface area (Å²) in [6, 6.07) is 6.75. The zero-order valence-corrected chi connectivity index (χ0v) is 11.8. The third-order valence-electron chi connectivity index (χ3n) is 3.65. The van der Waals surface area contributed by atoms with Crippen LogP contribution in [0, 0.1) is 5.92 Å². The fraction of sp³-hybridized carbons (Fsp3) is 0.467. The van der Waals surface area contributed by atoms with Gasteiger partial charge in [-0.05, 0) is 43.9 Å². The van der Waals surface area contributed by atoms with Gasteiger partial charge in [0.25, 0.3) is 5.91 Å². The van der Waals surface area contributed by atoms with Gasteiger partial charge in [-0.25, -0.2) is 0 Å². The molecule has 0 heterocycles. The maximum atomic E-state index is 12.3. The number of hydrogen-bond donors (Lipinski definition) is 3. The number of nitrogens with one attached hydrogen (secondary N) is 2. The fourth-order valence-electron chi connectivity index (χ4n) is 2.26. The first kappa shape index (κ1) is 14.5. The van der Waals surface area contributed by atoms with Crippen LogP contribution in [0.1, 0.15) is 37.0 Å². The van der Waals surface area contributed by atoms with Crippen molar-refractivity contribution in [1.29, 1.82) is 0 Å². The Balaban J connectivity index is 2.10. The Morgan fingerprint density at radius 1 is 1.40 bits per heavy atom. The molecule has 0 radical (unpaired) electrons. The molecule has 0 saturated heterocycles. The standard InChI is InChI=1S/C15H20N2O3/c1-10(19)16-13-5-3-4-11(8-13)14(20)17-15(2,9-18)12-6-7-12/h3-5,8,12,18H,6-7,9H2,1-2H3,(H,16,19)(H,17,20). The molecule has 1 aliphatic rings. The Morgan fingerprint density at radius 2 is 2.10 bits per heavy atom. The summed E-state index contributed by atoms with van der Waals surface area (Å²) in [5.74, 6) is -0.0728. The summed E-state index contributed by atoms with van der Waals surface area (Å²) in [5.41, 5.74) is 0.486. The van der Waals surface area contributed by atoms with Crippen molar-refractivity contribution in [1.82, 2.24) is 5.32 Å². The quantitative estimate of drug-likeness (QED) is 0.763. The summed E-state index contributed by atoms with van der Waals surface area (Å²) >= 11 is 0. The molecule has 0 aromatic heterocycles. The van der Waals surface area contributed by atoms with Crippen LogP contribution in [0.3, 0.4) is 0 Å². The fourth-order valence-corrected chi connectivity index (χ4v) is 2.26. The number of carbonyl (C=O) groups excluding carboxylic acids is 2. The van der Waals surface area contributed by atoms with Gasteiger partial charge in [-0.2, -0.15) is 0 Å². The Morgan fingerprint density at radius 3 is 2.65 bits per heavy atom. The molecule has 1 fully saturated rings. The van der Waals surface area contributed by atoms with Crippen molar-refractivity contribution in [3.63, 3.8) is 0 Å². The molecule has 1 aliphatic carbocycles. The molecule has 20 heavy (non-hydrogen) atoms. The van der Waals surface area contributed by atoms with Crippen LogP contribution in [0.4, 0.5) is 5.69 Å². The molecule has 1 saturated carbocycles. The van der Waals surface area contributed by atoms with Crippen molar-refractivity contribution in [3.05, 3.63) is 29.8 Å². The van der Waals surface area contributed by atoms with E-state index in [1.165, 1.54) is 6.92 Å². The van der Waals surface area contributed by atoms with E-state index >= 15 is 0 Å². The average molecular weight is 276 g/mol. The van der Waals surface area contributed by atoms with E-state index in [0.717, 1.165) is 12.8 Å². The normalized spacial score (nSPS) is 17.1. The first-order valence-electron chi connectivity index (χ1n) is 6.75. The Labute approximate surface area is 118 Å². The molecule has 1 atom stereocenters. The van der Waals surface area contributed by atoms with Crippen LogP contribution in [0.5, 0.6) is 0 Å². The molecule has 108 valence electrons. The van der Waals surface area contributed by atoms with Gasteiger partial charge in [-0.1, -0.05) is 6.07 Å². The van der Waals surface area contributed by atoms with Crippen molar-refractivity contribution >= 4 is 17.5 Å². The van der Waals surface area contributed by atoms with Gasteiger partial charge >= 0.3 is 0 Å². The summed E-state index contributed by atoms with van der Waals surface area (Å²) in [5, 5.41) is 15.0. The lowest BCUT2D eigenvalue weighted by Crippen LogP contribution is -2.50. The summed E-state index contributed by atoms with van der Waals surface area (Å²) < 4.78 is 0. The molecular weight excluding hydrogens is 256 g/mol.